The molecule has 3 rings (SSSR count). The number of benzene rings is 3. The predicted octanol–water partition coefficient (Wildman–Crippen LogP) is 3.67. The van der Waals surface area contributed by atoms with E-state index >= 15 is 0 Å². The first-order valence-electron chi connectivity index (χ1n) is 10.2. The highest BCUT2D eigenvalue weighted by atomic mass is 16.3. The van der Waals surface area contributed by atoms with Gasteiger partial charge in [-0.1, -0.05) is 54.6 Å². The van der Waals surface area contributed by atoms with Gasteiger partial charge < -0.3 is 20.6 Å². The molecule has 0 saturated heterocycles. The fourth-order valence-electron chi connectivity index (χ4n) is 2.93. The first kappa shape index (κ1) is 23.8. The Hall–Kier alpha value is -4.85. The molecule has 172 valence electrons. The van der Waals surface area contributed by atoms with Gasteiger partial charge in [0.25, 0.3) is 11.8 Å². The monoisotopic (exact) mass is 457 g/mol. The van der Waals surface area contributed by atoms with Crippen molar-refractivity contribution in [3.63, 3.8) is 0 Å². The molecule has 0 aliphatic heterocycles. The molecule has 0 saturated carbocycles. The van der Waals surface area contributed by atoms with E-state index in [1.165, 1.54) is 18.2 Å². The van der Waals surface area contributed by atoms with Gasteiger partial charge in [0.2, 0.25) is 5.75 Å². The number of carbonyl (C=O) groups is 2. The number of aromatic hydroxyl groups is 3. The fraction of sp³-hybridized carbons (Fsp3) is 0.0385. The van der Waals surface area contributed by atoms with Crippen molar-refractivity contribution in [3.05, 3.63) is 107 Å². The lowest BCUT2D eigenvalue weighted by molar-refractivity contribution is -0.117. The first-order chi connectivity index (χ1) is 16.3. The molecule has 3 aromatic carbocycles. The summed E-state index contributed by atoms with van der Waals surface area (Å²) in [5, 5.41) is 35.2. The highest BCUT2D eigenvalue weighted by molar-refractivity contribution is 6.03. The summed E-state index contributed by atoms with van der Waals surface area (Å²) in [5.74, 6) is -2.96. The maximum Gasteiger partial charge on any atom is 0.287 e. The summed E-state index contributed by atoms with van der Waals surface area (Å²) >= 11 is 0. The first-order valence-corrected chi connectivity index (χ1v) is 10.2. The normalized spacial score (nSPS) is 11.9. The summed E-state index contributed by atoms with van der Waals surface area (Å²) in [6, 6.07) is 20.4. The highest BCUT2D eigenvalue weighted by Crippen LogP contribution is 2.36. The molecule has 0 heterocycles. The van der Waals surface area contributed by atoms with E-state index in [0.717, 1.165) is 11.8 Å². The van der Waals surface area contributed by atoms with E-state index in [0.29, 0.717) is 11.1 Å². The van der Waals surface area contributed by atoms with Crippen molar-refractivity contribution < 1.29 is 24.9 Å². The van der Waals surface area contributed by atoms with Gasteiger partial charge >= 0.3 is 0 Å². The number of hydrazone groups is 1. The number of phenols is 3. The van der Waals surface area contributed by atoms with Crippen LogP contribution in [0, 0.1) is 0 Å². The third-order valence-corrected chi connectivity index (χ3v) is 4.63. The number of allylic oxidation sites excluding steroid dienone is 2. The van der Waals surface area contributed by atoms with Crippen LogP contribution in [0.1, 0.15) is 28.4 Å². The molecule has 0 aliphatic rings. The number of amides is 2. The minimum atomic E-state index is -0.705. The van der Waals surface area contributed by atoms with Crippen molar-refractivity contribution in [2.75, 3.05) is 0 Å². The van der Waals surface area contributed by atoms with Crippen molar-refractivity contribution in [3.8, 4) is 17.2 Å². The Morgan fingerprint density at radius 3 is 2.18 bits per heavy atom. The molecular formula is C26H23N3O5. The largest absolute Gasteiger partial charge is 0.504 e. The molecule has 5 N–H and O–H groups in total. The topological polar surface area (TPSA) is 131 Å². The number of nitrogens with one attached hydrogen (secondary N) is 2. The molecule has 0 atom stereocenters. The molecule has 0 radical (unpaired) electrons. The molecule has 2 amide bonds. The lowest BCUT2D eigenvalue weighted by Crippen LogP contribution is -2.33. The number of nitrogens with zero attached hydrogens (tertiary/aromatic N) is 1. The van der Waals surface area contributed by atoms with Gasteiger partial charge in [-0.25, -0.2) is 5.43 Å². The highest BCUT2D eigenvalue weighted by Gasteiger charge is 2.15. The second kappa shape index (κ2) is 11.1. The van der Waals surface area contributed by atoms with Crippen LogP contribution in [-0.2, 0) is 4.79 Å². The van der Waals surface area contributed by atoms with Crippen LogP contribution in [0.15, 0.2) is 95.2 Å². The zero-order valence-electron chi connectivity index (χ0n) is 18.3. The molecule has 8 nitrogen and oxygen atoms in total. The number of hydrogen-bond donors (Lipinski definition) is 5. The number of phenolic OH excluding ortho intramolecular Hbond substituents is 3. The summed E-state index contributed by atoms with van der Waals surface area (Å²) < 4.78 is 0. The number of carbonyl (C=O) groups excluding carboxylic acids is 2. The Balaban J connectivity index is 1.83. The van der Waals surface area contributed by atoms with E-state index in [4.69, 9.17) is 0 Å². The lowest BCUT2D eigenvalue weighted by Gasteiger charge is -2.09. The second-order valence-corrected chi connectivity index (χ2v) is 7.25. The number of rotatable bonds is 7. The van der Waals surface area contributed by atoms with Crippen LogP contribution in [0.4, 0.5) is 0 Å². The van der Waals surface area contributed by atoms with Crippen LogP contribution in [0.2, 0.25) is 0 Å². The van der Waals surface area contributed by atoms with Crippen molar-refractivity contribution >= 4 is 24.1 Å². The molecule has 34 heavy (non-hydrogen) atoms. The molecule has 0 bridgehead atoms. The van der Waals surface area contributed by atoms with Gasteiger partial charge in [0.1, 0.15) is 5.70 Å². The van der Waals surface area contributed by atoms with Gasteiger partial charge in [-0.05, 0) is 48.4 Å². The molecular weight excluding hydrogens is 434 g/mol. The van der Waals surface area contributed by atoms with Crippen molar-refractivity contribution in [2.45, 2.75) is 6.92 Å². The summed E-state index contributed by atoms with van der Waals surface area (Å²) in [6.07, 6.45) is 4.46. The summed E-state index contributed by atoms with van der Waals surface area (Å²) in [4.78, 5) is 25.4. The summed E-state index contributed by atoms with van der Waals surface area (Å²) in [6.45, 7) is 1.79. The van der Waals surface area contributed by atoms with Gasteiger partial charge in [0, 0.05) is 11.1 Å². The van der Waals surface area contributed by atoms with E-state index in [1.54, 1.807) is 37.3 Å². The molecule has 0 unspecified atom stereocenters. The lowest BCUT2D eigenvalue weighted by atomic mass is 10.1. The van der Waals surface area contributed by atoms with E-state index in [1.807, 2.05) is 36.4 Å². The van der Waals surface area contributed by atoms with Gasteiger partial charge in [0.05, 0.1) is 6.21 Å². The standard InChI is InChI=1S/C26H23N3O5/c1-17(14-18-8-4-2-5-9-18)15-21(28-25(33)19-10-6-3-7-11-19)26(34)29-27-16-20-12-13-22(30)24(32)23(20)31/h2-16,30-32H,1H3,(H,28,33)(H,29,34)/b17-14+,21-15+,27-16+. The smallest absolute Gasteiger partial charge is 0.287 e. The Morgan fingerprint density at radius 2 is 1.50 bits per heavy atom. The predicted molar refractivity (Wildman–Crippen MR) is 129 cm³/mol. The average Bonchev–Trinajstić information content (AvgIpc) is 2.84. The van der Waals surface area contributed by atoms with Crippen molar-refractivity contribution in [1.82, 2.24) is 10.7 Å². The minimum Gasteiger partial charge on any atom is -0.504 e. The van der Waals surface area contributed by atoms with E-state index in [9.17, 15) is 24.9 Å². The van der Waals surface area contributed by atoms with Crippen LogP contribution in [-0.4, -0.2) is 33.3 Å². The number of hydrogen-bond acceptors (Lipinski definition) is 6. The van der Waals surface area contributed by atoms with E-state index in [-0.39, 0.29) is 11.3 Å². The molecule has 0 fully saturated rings. The van der Waals surface area contributed by atoms with Gasteiger partial charge in [-0.3, -0.25) is 9.59 Å². The fourth-order valence-corrected chi connectivity index (χ4v) is 2.93. The third-order valence-electron chi connectivity index (χ3n) is 4.63. The Bertz CT molecular complexity index is 1270. The van der Waals surface area contributed by atoms with E-state index < -0.39 is 29.1 Å². The van der Waals surface area contributed by atoms with Crippen molar-refractivity contribution in [2.24, 2.45) is 5.10 Å². The second-order valence-electron chi connectivity index (χ2n) is 7.25. The SMILES string of the molecule is CC(=C\c1ccccc1)/C=C(/NC(=O)c1ccccc1)C(=O)N/N=C/c1ccc(O)c(O)c1O. The van der Waals surface area contributed by atoms with Crippen LogP contribution in [0.25, 0.3) is 6.08 Å². The zero-order valence-corrected chi connectivity index (χ0v) is 18.3. The average molecular weight is 457 g/mol. The van der Waals surface area contributed by atoms with Crippen LogP contribution in [0.5, 0.6) is 17.2 Å². The van der Waals surface area contributed by atoms with Gasteiger partial charge in [0.15, 0.2) is 11.5 Å². The van der Waals surface area contributed by atoms with Crippen LogP contribution in [0.3, 0.4) is 0 Å². The van der Waals surface area contributed by atoms with Crippen LogP contribution < -0.4 is 10.7 Å². The molecule has 3 aromatic rings. The quantitative estimate of drug-likeness (QED) is 0.121. The maximum atomic E-state index is 12.8. The molecule has 0 aliphatic carbocycles. The minimum absolute atomic E-state index is 0.0477. The zero-order chi connectivity index (χ0) is 24.5. The Morgan fingerprint density at radius 1 is 0.853 bits per heavy atom. The van der Waals surface area contributed by atoms with Gasteiger partial charge in [-0.2, -0.15) is 5.10 Å². The van der Waals surface area contributed by atoms with Crippen molar-refractivity contribution in [1.29, 1.82) is 0 Å². The Kier molecular flexibility index (Phi) is 7.80. The molecule has 0 spiro atoms. The maximum absolute atomic E-state index is 12.8. The Labute approximate surface area is 196 Å². The molecule has 8 heteroatoms. The van der Waals surface area contributed by atoms with E-state index in [2.05, 4.69) is 15.8 Å². The summed E-state index contributed by atoms with van der Waals surface area (Å²) in [7, 11) is 0. The van der Waals surface area contributed by atoms with Crippen LogP contribution >= 0.6 is 0 Å². The molecule has 0 aromatic heterocycles. The third kappa shape index (κ3) is 6.33. The van der Waals surface area contributed by atoms with Gasteiger partial charge in [-0.15, -0.1) is 0 Å². The summed E-state index contributed by atoms with van der Waals surface area (Å²) in [5.41, 5.74) is 4.30.